The van der Waals surface area contributed by atoms with Gasteiger partial charge in [0.1, 0.15) is 5.69 Å². The van der Waals surface area contributed by atoms with Crippen LogP contribution in [-0.4, -0.2) is 58.0 Å². The van der Waals surface area contributed by atoms with Crippen molar-refractivity contribution in [2.45, 2.75) is 53.4 Å². The van der Waals surface area contributed by atoms with E-state index in [1.54, 1.807) is 6.20 Å². The van der Waals surface area contributed by atoms with E-state index in [1.165, 1.54) is 6.42 Å². The van der Waals surface area contributed by atoms with Crippen LogP contribution in [0.2, 0.25) is 0 Å². The molecular formula is C20H30N4O2. The molecule has 2 atom stereocenters. The van der Waals surface area contributed by atoms with E-state index < -0.39 is 0 Å². The van der Waals surface area contributed by atoms with Crippen molar-refractivity contribution in [1.82, 2.24) is 20.0 Å². The standard InChI is InChI=1S/C20H30N4O2/c1-5-20(7-6-8-20)17(26)24-12-18(3)10-23(11-19(18,4)13-24)16(25)15-14(2)9-21-22-15/h9H,5-8,10-13H2,1-4H3,(H,21,22)/t18-,19+. The summed E-state index contributed by atoms with van der Waals surface area (Å²) in [6.07, 6.45) is 5.88. The molecule has 0 spiro atoms. The monoisotopic (exact) mass is 358 g/mol. The van der Waals surface area contributed by atoms with Crippen molar-refractivity contribution in [1.29, 1.82) is 0 Å². The van der Waals surface area contributed by atoms with Crippen LogP contribution in [0.3, 0.4) is 0 Å². The predicted molar refractivity (Wildman–Crippen MR) is 98.6 cm³/mol. The molecule has 1 aliphatic carbocycles. The maximum absolute atomic E-state index is 13.2. The molecule has 4 rings (SSSR count). The normalized spacial score (nSPS) is 32.5. The number of nitrogens with zero attached hydrogens (tertiary/aromatic N) is 3. The molecule has 2 aliphatic heterocycles. The molecule has 3 heterocycles. The Bertz CT molecular complexity index is 727. The summed E-state index contributed by atoms with van der Waals surface area (Å²) >= 11 is 0. The molecule has 2 saturated heterocycles. The van der Waals surface area contributed by atoms with E-state index in [0.29, 0.717) is 24.7 Å². The summed E-state index contributed by atoms with van der Waals surface area (Å²) in [5.74, 6) is 0.379. The van der Waals surface area contributed by atoms with Gasteiger partial charge in [-0.2, -0.15) is 5.10 Å². The van der Waals surface area contributed by atoms with E-state index in [4.69, 9.17) is 0 Å². The fourth-order valence-corrected chi connectivity index (χ4v) is 5.33. The van der Waals surface area contributed by atoms with Gasteiger partial charge < -0.3 is 9.80 Å². The van der Waals surface area contributed by atoms with Crippen molar-refractivity contribution in [3.05, 3.63) is 17.5 Å². The molecule has 142 valence electrons. The number of aromatic amines is 1. The van der Waals surface area contributed by atoms with Crippen LogP contribution in [-0.2, 0) is 4.79 Å². The molecule has 1 N–H and O–H groups in total. The highest BCUT2D eigenvalue weighted by Crippen LogP contribution is 2.54. The maximum atomic E-state index is 13.2. The average molecular weight is 358 g/mol. The number of H-pyrrole nitrogens is 1. The van der Waals surface area contributed by atoms with Crippen LogP contribution in [0.5, 0.6) is 0 Å². The number of likely N-dealkylation sites (tertiary alicyclic amines) is 2. The molecule has 0 aromatic carbocycles. The maximum Gasteiger partial charge on any atom is 0.272 e. The fourth-order valence-electron chi connectivity index (χ4n) is 5.33. The van der Waals surface area contributed by atoms with E-state index in [2.05, 4.69) is 35.9 Å². The van der Waals surface area contributed by atoms with Crippen LogP contribution >= 0.6 is 0 Å². The first-order valence-corrected chi connectivity index (χ1v) is 9.82. The quantitative estimate of drug-likeness (QED) is 0.903. The molecule has 3 aliphatic rings. The van der Waals surface area contributed by atoms with E-state index in [1.807, 2.05) is 11.8 Å². The first-order chi connectivity index (χ1) is 12.2. The zero-order chi connectivity index (χ0) is 18.7. The summed E-state index contributed by atoms with van der Waals surface area (Å²) in [5, 5.41) is 6.82. The molecule has 0 unspecified atom stereocenters. The van der Waals surface area contributed by atoms with Gasteiger partial charge in [-0.15, -0.1) is 0 Å². The number of hydrogen-bond donors (Lipinski definition) is 1. The second kappa shape index (κ2) is 5.57. The molecule has 1 aromatic rings. The van der Waals surface area contributed by atoms with E-state index in [-0.39, 0.29) is 22.2 Å². The van der Waals surface area contributed by atoms with Gasteiger partial charge in [0.05, 0.1) is 6.20 Å². The number of fused-ring (bicyclic) bond motifs is 1. The highest BCUT2D eigenvalue weighted by atomic mass is 16.2. The number of amides is 2. The van der Waals surface area contributed by atoms with Gasteiger partial charge in [0.2, 0.25) is 5.91 Å². The van der Waals surface area contributed by atoms with Gasteiger partial charge >= 0.3 is 0 Å². The largest absolute Gasteiger partial charge is 0.341 e. The van der Waals surface area contributed by atoms with Gasteiger partial charge in [-0.3, -0.25) is 14.7 Å². The Labute approximate surface area is 155 Å². The lowest BCUT2D eigenvalue weighted by Crippen LogP contribution is -2.48. The number of carbonyl (C=O) groups excluding carboxylic acids is 2. The zero-order valence-corrected chi connectivity index (χ0v) is 16.4. The van der Waals surface area contributed by atoms with Crippen LogP contribution < -0.4 is 0 Å². The first kappa shape index (κ1) is 17.6. The average Bonchev–Trinajstić information content (AvgIpc) is 3.14. The van der Waals surface area contributed by atoms with Gasteiger partial charge in [0.25, 0.3) is 5.91 Å². The molecule has 3 fully saturated rings. The molecule has 6 nitrogen and oxygen atoms in total. The van der Waals surface area contributed by atoms with Gasteiger partial charge in [0, 0.05) is 42.4 Å². The summed E-state index contributed by atoms with van der Waals surface area (Å²) in [4.78, 5) is 30.1. The lowest BCUT2D eigenvalue weighted by molar-refractivity contribution is -0.147. The highest BCUT2D eigenvalue weighted by Gasteiger charge is 2.61. The smallest absolute Gasteiger partial charge is 0.272 e. The van der Waals surface area contributed by atoms with Gasteiger partial charge in [-0.25, -0.2) is 0 Å². The minimum atomic E-state index is -0.103. The van der Waals surface area contributed by atoms with Crippen molar-refractivity contribution < 1.29 is 9.59 Å². The fraction of sp³-hybridized carbons (Fsp3) is 0.750. The summed E-state index contributed by atoms with van der Waals surface area (Å²) in [6, 6.07) is 0. The Morgan fingerprint density at radius 3 is 2.12 bits per heavy atom. The molecule has 2 amide bonds. The molecule has 1 aromatic heterocycles. The van der Waals surface area contributed by atoms with Crippen molar-refractivity contribution in [2.75, 3.05) is 26.2 Å². The van der Waals surface area contributed by atoms with Gasteiger partial charge in [0.15, 0.2) is 0 Å². The van der Waals surface area contributed by atoms with Crippen LogP contribution in [0.15, 0.2) is 6.20 Å². The predicted octanol–water partition coefficient (Wildman–Crippen LogP) is 2.61. The van der Waals surface area contributed by atoms with Crippen LogP contribution in [0.1, 0.15) is 62.5 Å². The summed E-state index contributed by atoms with van der Waals surface area (Å²) in [6.45, 7) is 11.4. The molecule has 26 heavy (non-hydrogen) atoms. The molecule has 0 bridgehead atoms. The lowest BCUT2D eigenvalue weighted by Gasteiger charge is -2.42. The lowest BCUT2D eigenvalue weighted by atomic mass is 9.66. The number of aryl methyl sites for hydroxylation is 1. The molecule has 6 heteroatoms. The number of nitrogens with one attached hydrogen (secondary N) is 1. The molecule has 0 radical (unpaired) electrons. The van der Waals surface area contributed by atoms with E-state index >= 15 is 0 Å². The minimum absolute atomic E-state index is 0.0266. The van der Waals surface area contributed by atoms with E-state index in [9.17, 15) is 9.59 Å². The summed E-state index contributed by atoms with van der Waals surface area (Å²) in [5.41, 5.74) is 1.27. The third-order valence-electron chi connectivity index (χ3n) is 7.67. The Morgan fingerprint density at radius 1 is 1.12 bits per heavy atom. The Balaban J connectivity index is 1.51. The second-order valence-electron chi connectivity index (χ2n) is 9.36. The van der Waals surface area contributed by atoms with Gasteiger partial charge in [-0.05, 0) is 31.7 Å². The van der Waals surface area contributed by atoms with Gasteiger partial charge in [-0.1, -0.05) is 27.2 Å². The third kappa shape index (κ3) is 2.26. The number of hydrogen-bond acceptors (Lipinski definition) is 3. The highest BCUT2D eigenvalue weighted by molar-refractivity contribution is 5.94. The third-order valence-corrected chi connectivity index (χ3v) is 7.67. The minimum Gasteiger partial charge on any atom is -0.341 e. The van der Waals surface area contributed by atoms with E-state index in [0.717, 1.165) is 37.9 Å². The first-order valence-electron chi connectivity index (χ1n) is 9.82. The summed E-state index contributed by atoms with van der Waals surface area (Å²) < 4.78 is 0. The SMILES string of the molecule is CCC1(C(=O)N2C[C@]3(C)CN(C(=O)c4[nH]ncc4C)C[C@]3(C)C2)CCC1. The number of aromatic nitrogens is 2. The number of rotatable bonds is 3. The van der Waals surface area contributed by atoms with Crippen molar-refractivity contribution >= 4 is 11.8 Å². The Hall–Kier alpha value is -1.85. The van der Waals surface area contributed by atoms with Crippen molar-refractivity contribution in [3.8, 4) is 0 Å². The number of carbonyl (C=O) groups is 2. The van der Waals surface area contributed by atoms with Crippen LogP contribution in [0.25, 0.3) is 0 Å². The van der Waals surface area contributed by atoms with Crippen molar-refractivity contribution in [2.24, 2.45) is 16.2 Å². The summed E-state index contributed by atoms with van der Waals surface area (Å²) in [7, 11) is 0. The van der Waals surface area contributed by atoms with Crippen molar-refractivity contribution in [3.63, 3.8) is 0 Å². The zero-order valence-electron chi connectivity index (χ0n) is 16.4. The van der Waals surface area contributed by atoms with Crippen LogP contribution in [0.4, 0.5) is 0 Å². The Kier molecular flexibility index (Phi) is 3.76. The Morgan fingerprint density at radius 2 is 1.69 bits per heavy atom. The molecular weight excluding hydrogens is 328 g/mol. The van der Waals surface area contributed by atoms with Crippen LogP contribution in [0, 0.1) is 23.2 Å². The second-order valence-corrected chi connectivity index (χ2v) is 9.36. The molecule has 1 saturated carbocycles. The topological polar surface area (TPSA) is 69.3 Å².